The number of rotatable bonds is 1. The highest BCUT2D eigenvalue weighted by Gasteiger charge is 2.15. The van der Waals surface area contributed by atoms with E-state index >= 15 is 0 Å². The van der Waals surface area contributed by atoms with E-state index in [1.54, 1.807) is 12.1 Å². The van der Waals surface area contributed by atoms with Crippen LogP contribution in [0.1, 0.15) is 11.1 Å². The van der Waals surface area contributed by atoms with E-state index in [1.807, 2.05) is 6.07 Å². The van der Waals surface area contributed by atoms with E-state index in [0.717, 1.165) is 25.2 Å². The van der Waals surface area contributed by atoms with Crippen LogP contribution in [0.2, 0.25) is 0 Å². The Morgan fingerprint density at radius 3 is 2.59 bits per heavy atom. The van der Waals surface area contributed by atoms with Gasteiger partial charge in [0.2, 0.25) is 0 Å². The maximum absolute atomic E-state index is 13.2. The molecule has 0 spiro atoms. The molecule has 0 unspecified atom stereocenters. The van der Waals surface area contributed by atoms with E-state index in [0.29, 0.717) is 0 Å². The molecular weight excluding hydrogens is 213 g/mol. The largest absolute Gasteiger partial charge is 0.367 e. The van der Waals surface area contributed by atoms with Gasteiger partial charge < -0.3 is 4.90 Å². The molecule has 86 valence electrons. The molecule has 1 nitrogen and oxygen atoms in total. The Balaban J connectivity index is 1.89. The fourth-order valence-electron chi connectivity index (χ4n) is 2.39. The molecule has 0 N–H and O–H groups in total. The molecule has 0 amide bonds. The minimum Gasteiger partial charge on any atom is -0.367 e. The Labute approximate surface area is 101 Å². The van der Waals surface area contributed by atoms with Gasteiger partial charge in [0.15, 0.2) is 0 Å². The van der Waals surface area contributed by atoms with Crippen LogP contribution in [-0.4, -0.2) is 6.54 Å². The smallest absolute Gasteiger partial charge is 0.125 e. The predicted octanol–water partition coefficient (Wildman–Crippen LogP) is 3.39. The molecule has 1 aliphatic heterocycles. The number of anilines is 1. The van der Waals surface area contributed by atoms with Crippen LogP contribution < -0.4 is 4.90 Å². The molecule has 0 bridgehead atoms. The van der Waals surface area contributed by atoms with E-state index < -0.39 is 0 Å². The van der Waals surface area contributed by atoms with Crippen LogP contribution in [0.5, 0.6) is 0 Å². The van der Waals surface area contributed by atoms with Crippen LogP contribution in [0.15, 0.2) is 48.5 Å². The standard InChI is InChI=1S/C15H14FN/c16-14-6-3-7-15(10-14)17-9-8-12-4-1-2-5-13(12)11-17/h1-7,10H,8-9,11H2. The maximum atomic E-state index is 13.2. The monoisotopic (exact) mass is 227 g/mol. The molecule has 2 aromatic rings. The third-order valence-corrected chi connectivity index (χ3v) is 3.30. The molecule has 0 aliphatic carbocycles. The predicted molar refractivity (Wildman–Crippen MR) is 67.6 cm³/mol. The van der Waals surface area contributed by atoms with Gasteiger partial charge in [0.05, 0.1) is 0 Å². The zero-order valence-corrected chi connectivity index (χ0v) is 9.57. The first-order valence-corrected chi connectivity index (χ1v) is 5.90. The highest BCUT2D eigenvalue weighted by Crippen LogP contribution is 2.24. The van der Waals surface area contributed by atoms with E-state index in [1.165, 1.54) is 17.2 Å². The molecule has 1 heterocycles. The Bertz CT molecular complexity index is 536. The summed E-state index contributed by atoms with van der Waals surface area (Å²) in [5.74, 6) is -0.165. The number of nitrogens with zero attached hydrogens (tertiary/aromatic N) is 1. The lowest BCUT2D eigenvalue weighted by Crippen LogP contribution is -2.30. The summed E-state index contributed by atoms with van der Waals surface area (Å²) in [6.45, 7) is 1.83. The summed E-state index contributed by atoms with van der Waals surface area (Å²) in [4.78, 5) is 2.23. The van der Waals surface area contributed by atoms with Crippen molar-refractivity contribution in [2.45, 2.75) is 13.0 Å². The Morgan fingerprint density at radius 2 is 1.76 bits per heavy atom. The molecule has 0 atom stereocenters. The van der Waals surface area contributed by atoms with Crippen molar-refractivity contribution in [1.82, 2.24) is 0 Å². The maximum Gasteiger partial charge on any atom is 0.125 e. The van der Waals surface area contributed by atoms with Gasteiger partial charge >= 0.3 is 0 Å². The van der Waals surface area contributed by atoms with Crippen molar-refractivity contribution in [3.05, 3.63) is 65.5 Å². The normalized spacial score (nSPS) is 14.5. The number of hydrogen-bond donors (Lipinski definition) is 0. The van der Waals surface area contributed by atoms with Crippen molar-refractivity contribution in [2.75, 3.05) is 11.4 Å². The van der Waals surface area contributed by atoms with E-state index in [-0.39, 0.29) is 5.82 Å². The van der Waals surface area contributed by atoms with Crippen LogP contribution in [0.4, 0.5) is 10.1 Å². The summed E-state index contributed by atoms with van der Waals surface area (Å²) in [5, 5.41) is 0. The fourth-order valence-corrected chi connectivity index (χ4v) is 2.39. The topological polar surface area (TPSA) is 3.24 Å². The molecule has 0 aromatic heterocycles. The molecule has 0 radical (unpaired) electrons. The summed E-state index contributed by atoms with van der Waals surface area (Å²) in [6, 6.07) is 15.3. The van der Waals surface area contributed by atoms with Gasteiger partial charge in [-0.25, -0.2) is 4.39 Å². The van der Waals surface area contributed by atoms with Gasteiger partial charge in [0.25, 0.3) is 0 Å². The SMILES string of the molecule is Fc1cccc(N2CCc3ccccc3C2)c1. The number of halogens is 1. The zero-order chi connectivity index (χ0) is 11.7. The molecule has 17 heavy (non-hydrogen) atoms. The fraction of sp³-hybridized carbons (Fsp3) is 0.200. The summed E-state index contributed by atoms with van der Waals surface area (Å²) in [6.07, 6.45) is 1.03. The lowest BCUT2D eigenvalue weighted by molar-refractivity contribution is 0.625. The van der Waals surface area contributed by atoms with Gasteiger partial charge in [-0.1, -0.05) is 30.3 Å². The summed E-state index contributed by atoms with van der Waals surface area (Å²) >= 11 is 0. The van der Waals surface area contributed by atoms with Crippen molar-refractivity contribution in [3.8, 4) is 0 Å². The third-order valence-electron chi connectivity index (χ3n) is 3.30. The molecule has 0 saturated heterocycles. The third kappa shape index (κ3) is 2.03. The first-order valence-electron chi connectivity index (χ1n) is 5.90. The van der Waals surface area contributed by atoms with Gasteiger partial charge in [-0.15, -0.1) is 0 Å². The van der Waals surface area contributed by atoms with Crippen molar-refractivity contribution in [2.24, 2.45) is 0 Å². The van der Waals surface area contributed by atoms with Gasteiger partial charge in [0.1, 0.15) is 5.82 Å². The summed E-state index contributed by atoms with van der Waals surface area (Å²) in [5.41, 5.74) is 3.74. The zero-order valence-electron chi connectivity index (χ0n) is 9.57. The Kier molecular flexibility index (Phi) is 2.56. The molecule has 0 saturated carbocycles. The average molecular weight is 227 g/mol. The minimum absolute atomic E-state index is 0.165. The number of hydrogen-bond acceptors (Lipinski definition) is 1. The Hall–Kier alpha value is -1.83. The van der Waals surface area contributed by atoms with E-state index in [4.69, 9.17) is 0 Å². The molecule has 1 aliphatic rings. The molecule has 2 heteroatoms. The van der Waals surface area contributed by atoms with Crippen LogP contribution in [0, 0.1) is 5.82 Å². The second kappa shape index (κ2) is 4.21. The number of benzene rings is 2. The molecule has 0 fully saturated rings. The average Bonchev–Trinajstić information content (AvgIpc) is 2.38. The highest BCUT2D eigenvalue weighted by molar-refractivity contribution is 5.49. The first kappa shape index (κ1) is 10.3. The van der Waals surface area contributed by atoms with Crippen LogP contribution in [0.25, 0.3) is 0 Å². The van der Waals surface area contributed by atoms with Crippen LogP contribution >= 0.6 is 0 Å². The molecular formula is C15H14FN. The lowest BCUT2D eigenvalue weighted by Gasteiger charge is -2.30. The first-order chi connectivity index (χ1) is 8.33. The second-order valence-electron chi connectivity index (χ2n) is 4.42. The minimum atomic E-state index is -0.165. The van der Waals surface area contributed by atoms with Gasteiger partial charge in [-0.2, -0.15) is 0 Å². The van der Waals surface area contributed by atoms with Crippen molar-refractivity contribution in [1.29, 1.82) is 0 Å². The quantitative estimate of drug-likeness (QED) is 0.721. The highest BCUT2D eigenvalue weighted by atomic mass is 19.1. The van der Waals surface area contributed by atoms with Crippen molar-refractivity contribution in [3.63, 3.8) is 0 Å². The Morgan fingerprint density at radius 1 is 0.941 bits per heavy atom. The van der Waals surface area contributed by atoms with Gasteiger partial charge in [0, 0.05) is 18.8 Å². The lowest BCUT2D eigenvalue weighted by atomic mass is 9.99. The molecule has 3 rings (SSSR count). The van der Waals surface area contributed by atoms with Crippen molar-refractivity contribution < 1.29 is 4.39 Å². The second-order valence-corrected chi connectivity index (χ2v) is 4.42. The number of fused-ring (bicyclic) bond motifs is 1. The molecule has 2 aromatic carbocycles. The van der Waals surface area contributed by atoms with Crippen molar-refractivity contribution >= 4 is 5.69 Å². The van der Waals surface area contributed by atoms with Gasteiger partial charge in [-0.05, 0) is 35.7 Å². The van der Waals surface area contributed by atoms with Crippen LogP contribution in [-0.2, 0) is 13.0 Å². The van der Waals surface area contributed by atoms with Crippen LogP contribution in [0.3, 0.4) is 0 Å². The van der Waals surface area contributed by atoms with Gasteiger partial charge in [-0.3, -0.25) is 0 Å². The summed E-state index contributed by atoms with van der Waals surface area (Å²) < 4.78 is 13.2. The summed E-state index contributed by atoms with van der Waals surface area (Å²) in [7, 11) is 0. The van der Waals surface area contributed by atoms with E-state index in [9.17, 15) is 4.39 Å². The van der Waals surface area contributed by atoms with E-state index in [2.05, 4.69) is 29.2 Å².